The van der Waals surface area contributed by atoms with Gasteiger partial charge < -0.3 is 14.6 Å². The molecule has 2 fully saturated rings. The second-order valence-corrected chi connectivity index (χ2v) is 6.81. The lowest BCUT2D eigenvalue weighted by molar-refractivity contribution is -0.384. The maximum atomic E-state index is 11.7. The first-order valence-corrected chi connectivity index (χ1v) is 8.16. The average molecular weight is 317 g/mol. The molecule has 3 rings (SSSR count). The van der Waals surface area contributed by atoms with Gasteiger partial charge >= 0.3 is 0 Å². The van der Waals surface area contributed by atoms with Gasteiger partial charge in [-0.3, -0.25) is 10.1 Å². The first-order chi connectivity index (χ1) is 11.0. The molecule has 1 aromatic rings. The third kappa shape index (κ3) is 3.28. The van der Waals surface area contributed by atoms with Crippen molar-refractivity contribution in [1.29, 1.82) is 0 Å². The molecule has 124 valence electrons. The fraction of sp³-hybridized carbons (Fsp3) is 0.588. The van der Waals surface area contributed by atoms with E-state index in [1.54, 1.807) is 12.1 Å². The van der Waals surface area contributed by atoms with E-state index in [1.807, 2.05) is 12.1 Å². The van der Waals surface area contributed by atoms with Crippen LogP contribution >= 0.6 is 0 Å². The molecule has 1 aromatic carbocycles. The highest BCUT2D eigenvalue weighted by atomic mass is 16.6. The van der Waals surface area contributed by atoms with E-state index in [0.29, 0.717) is 0 Å². The number of hydrogen-bond donors (Lipinski definition) is 0. The molecular weight excluding hydrogens is 294 g/mol. The molecule has 1 atom stereocenters. The lowest BCUT2D eigenvalue weighted by Crippen LogP contribution is -2.47. The van der Waals surface area contributed by atoms with Gasteiger partial charge in [-0.25, -0.2) is 0 Å². The Morgan fingerprint density at radius 2 is 1.83 bits per heavy atom. The smallest absolute Gasteiger partial charge is 0.269 e. The molecular formula is C17H23N3O3. The van der Waals surface area contributed by atoms with Gasteiger partial charge in [0.1, 0.15) is 6.29 Å². The summed E-state index contributed by atoms with van der Waals surface area (Å²) in [6.07, 6.45) is 3.07. The molecule has 6 nitrogen and oxygen atoms in total. The summed E-state index contributed by atoms with van der Waals surface area (Å²) in [5, 5.41) is 10.8. The Morgan fingerprint density at radius 1 is 1.22 bits per heavy atom. The number of nitro groups is 1. The van der Waals surface area contributed by atoms with Crippen LogP contribution in [0.4, 0.5) is 5.69 Å². The number of aldehydes is 1. The van der Waals surface area contributed by atoms with Crippen molar-refractivity contribution in [1.82, 2.24) is 9.80 Å². The van der Waals surface area contributed by atoms with E-state index in [-0.39, 0.29) is 21.9 Å². The Bertz CT molecular complexity index is 575. The van der Waals surface area contributed by atoms with Crippen LogP contribution in [0.5, 0.6) is 0 Å². The van der Waals surface area contributed by atoms with Crippen LogP contribution in [0.25, 0.3) is 0 Å². The van der Waals surface area contributed by atoms with Gasteiger partial charge in [-0.15, -0.1) is 0 Å². The zero-order chi connectivity index (χ0) is 16.4. The molecule has 1 heterocycles. The molecule has 1 unspecified atom stereocenters. The van der Waals surface area contributed by atoms with Gasteiger partial charge in [0.15, 0.2) is 0 Å². The number of piperazine rings is 1. The SMILES string of the molecule is CN1CCN(CC(C=O)C2(c3ccc([N+](=O)[O-])cc3)CC2)CC1. The van der Waals surface area contributed by atoms with Gasteiger partial charge in [0, 0.05) is 56.2 Å². The maximum absolute atomic E-state index is 11.7. The topological polar surface area (TPSA) is 66.7 Å². The van der Waals surface area contributed by atoms with E-state index in [1.165, 1.54) is 0 Å². The molecule has 1 saturated heterocycles. The molecule has 0 bridgehead atoms. The molecule has 1 aliphatic heterocycles. The Kier molecular flexibility index (Phi) is 4.46. The standard InChI is InChI=1S/C17H23N3O3/c1-18-8-10-19(11-9-18)12-15(13-21)17(6-7-17)14-2-4-16(5-3-14)20(22)23/h2-5,13,15H,6-12H2,1H3. The van der Waals surface area contributed by atoms with Crippen molar-refractivity contribution in [2.45, 2.75) is 18.3 Å². The third-order valence-electron chi connectivity index (χ3n) is 5.37. The molecule has 0 spiro atoms. The minimum Gasteiger partial charge on any atom is -0.304 e. The Labute approximate surface area is 136 Å². The summed E-state index contributed by atoms with van der Waals surface area (Å²) in [6, 6.07) is 6.75. The maximum Gasteiger partial charge on any atom is 0.269 e. The highest BCUT2D eigenvalue weighted by Crippen LogP contribution is 2.53. The number of benzene rings is 1. The predicted octanol–water partition coefficient (Wildman–Crippen LogP) is 1.69. The Balaban J connectivity index is 1.72. The van der Waals surface area contributed by atoms with Crippen LogP contribution in [0.15, 0.2) is 24.3 Å². The molecule has 0 amide bonds. The van der Waals surface area contributed by atoms with Crippen LogP contribution in [0.3, 0.4) is 0 Å². The number of carbonyl (C=O) groups excluding carboxylic acids is 1. The van der Waals surface area contributed by atoms with Crippen molar-refractivity contribution in [3.63, 3.8) is 0 Å². The average Bonchev–Trinajstić information content (AvgIpc) is 3.36. The van der Waals surface area contributed by atoms with Crippen LogP contribution in [0.2, 0.25) is 0 Å². The molecule has 1 saturated carbocycles. The number of non-ortho nitro benzene ring substituents is 1. The van der Waals surface area contributed by atoms with E-state index in [0.717, 1.165) is 57.4 Å². The number of likely N-dealkylation sites (N-methyl/N-ethyl adjacent to an activating group) is 1. The van der Waals surface area contributed by atoms with Crippen LogP contribution in [-0.2, 0) is 10.2 Å². The Hall–Kier alpha value is -1.79. The number of rotatable bonds is 6. The molecule has 2 aliphatic rings. The van der Waals surface area contributed by atoms with Gasteiger partial charge in [-0.2, -0.15) is 0 Å². The van der Waals surface area contributed by atoms with Crippen molar-refractivity contribution in [3.05, 3.63) is 39.9 Å². The van der Waals surface area contributed by atoms with Crippen LogP contribution in [0.1, 0.15) is 18.4 Å². The minimum atomic E-state index is -0.384. The predicted molar refractivity (Wildman–Crippen MR) is 87.5 cm³/mol. The van der Waals surface area contributed by atoms with Crippen molar-refractivity contribution in [2.24, 2.45) is 5.92 Å². The second-order valence-electron chi connectivity index (χ2n) is 6.81. The van der Waals surface area contributed by atoms with E-state index in [4.69, 9.17) is 0 Å². The molecule has 6 heteroatoms. The summed E-state index contributed by atoms with van der Waals surface area (Å²) in [5.74, 6) is -0.0348. The van der Waals surface area contributed by atoms with E-state index < -0.39 is 0 Å². The van der Waals surface area contributed by atoms with E-state index in [2.05, 4.69) is 16.8 Å². The zero-order valence-electron chi connectivity index (χ0n) is 13.5. The lowest BCUT2D eigenvalue weighted by Gasteiger charge is -2.35. The summed E-state index contributed by atoms with van der Waals surface area (Å²) >= 11 is 0. The first-order valence-electron chi connectivity index (χ1n) is 8.16. The fourth-order valence-corrected chi connectivity index (χ4v) is 3.58. The summed E-state index contributed by atoms with van der Waals surface area (Å²) in [5.41, 5.74) is 1.06. The highest BCUT2D eigenvalue weighted by Gasteiger charge is 2.51. The molecule has 0 aromatic heterocycles. The molecule has 0 N–H and O–H groups in total. The van der Waals surface area contributed by atoms with Crippen molar-refractivity contribution in [3.8, 4) is 0 Å². The van der Waals surface area contributed by atoms with E-state index >= 15 is 0 Å². The van der Waals surface area contributed by atoms with E-state index in [9.17, 15) is 14.9 Å². The molecule has 1 aliphatic carbocycles. The number of carbonyl (C=O) groups is 1. The Morgan fingerprint density at radius 3 is 2.30 bits per heavy atom. The monoisotopic (exact) mass is 317 g/mol. The molecule has 23 heavy (non-hydrogen) atoms. The van der Waals surface area contributed by atoms with Crippen molar-refractivity contribution >= 4 is 12.0 Å². The van der Waals surface area contributed by atoms with Gasteiger partial charge in [0.25, 0.3) is 5.69 Å². The highest BCUT2D eigenvalue weighted by molar-refractivity contribution is 5.60. The summed E-state index contributed by atoms with van der Waals surface area (Å²) in [6.45, 7) is 4.86. The van der Waals surface area contributed by atoms with Crippen molar-refractivity contribution in [2.75, 3.05) is 39.8 Å². The summed E-state index contributed by atoms with van der Waals surface area (Å²) in [4.78, 5) is 26.8. The normalized spacial score (nSPS) is 22.5. The van der Waals surface area contributed by atoms with Crippen LogP contribution in [0, 0.1) is 16.0 Å². The first kappa shape index (κ1) is 16.1. The van der Waals surface area contributed by atoms with Gasteiger partial charge in [0.2, 0.25) is 0 Å². The van der Waals surface area contributed by atoms with Crippen LogP contribution < -0.4 is 0 Å². The van der Waals surface area contributed by atoms with Gasteiger partial charge in [0.05, 0.1) is 4.92 Å². The van der Waals surface area contributed by atoms with Crippen LogP contribution in [-0.4, -0.2) is 60.8 Å². The zero-order valence-corrected chi connectivity index (χ0v) is 13.5. The number of nitrogens with zero attached hydrogens (tertiary/aromatic N) is 3. The lowest BCUT2D eigenvalue weighted by atomic mass is 9.83. The molecule has 0 radical (unpaired) electrons. The van der Waals surface area contributed by atoms with Gasteiger partial charge in [-0.1, -0.05) is 12.1 Å². The number of nitro benzene ring substituents is 1. The van der Waals surface area contributed by atoms with Gasteiger partial charge in [-0.05, 0) is 25.5 Å². The minimum absolute atomic E-state index is 0.0348. The number of hydrogen-bond acceptors (Lipinski definition) is 5. The second kappa shape index (κ2) is 6.37. The largest absolute Gasteiger partial charge is 0.304 e. The quantitative estimate of drug-likeness (QED) is 0.454. The summed E-state index contributed by atoms with van der Waals surface area (Å²) < 4.78 is 0. The summed E-state index contributed by atoms with van der Waals surface area (Å²) in [7, 11) is 2.12. The van der Waals surface area contributed by atoms with Crippen molar-refractivity contribution < 1.29 is 9.72 Å². The third-order valence-corrected chi connectivity index (χ3v) is 5.37. The fourth-order valence-electron chi connectivity index (χ4n) is 3.58.